The molecule has 0 amide bonds. The van der Waals surface area contributed by atoms with Crippen LogP contribution < -0.4 is 0 Å². The summed E-state index contributed by atoms with van der Waals surface area (Å²) in [5.74, 6) is -1.95. The molecule has 3 rings (SSSR count). The van der Waals surface area contributed by atoms with Gasteiger partial charge in [-0.1, -0.05) is 0 Å². The first kappa shape index (κ1) is 12.7. The van der Waals surface area contributed by atoms with Crippen LogP contribution in [0, 0.1) is 17.5 Å². The van der Waals surface area contributed by atoms with E-state index in [0.29, 0.717) is 29.0 Å². The second-order valence-electron chi connectivity index (χ2n) is 4.33. The molecule has 3 nitrogen and oxygen atoms in total. The van der Waals surface area contributed by atoms with Gasteiger partial charge in [0.1, 0.15) is 11.6 Å². The highest BCUT2D eigenvalue weighted by Crippen LogP contribution is 2.26. The summed E-state index contributed by atoms with van der Waals surface area (Å²) in [5.41, 5.74) is 1.25. The number of pyridine rings is 1. The Bertz CT molecular complexity index is 796. The summed E-state index contributed by atoms with van der Waals surface area (Å²) in [6, 6.07) is 3.41. The molecule has 3 aromatic rings. The van der Waals surface area contributed by atoms with Crippen molar-refractivity contribution in [2.45, 2.75) is 13.5 Å². The average molecular weight is 277 g/mol. The number of benzene rings is 1. The van der Waals surface area contributed by atoms with Crippen LogP contribution in [0.3, 0.4) is 0 Å². The van der Waals surface area contributed by atoms with Crippen LogP contribution in [0.25, 0.3) is 22.4 Å². The first-order valence-electron chi connectivity index (χ1n) is 6.06. The van der Waals surface area contributed by atoms with Crippen LogP contribution in [0.1, 0.15) is 6.92 Å². The van der Waals surface area contributed by atoms with Crippen molar-refractivity contribution in [2.75, 3.05) is 0 Å². The second kappa shape index (κ2) is 4.63. The first-order chi connectivity index (χ1) is 9.60. The van der Waals surface area contributed by atoms with Crippen molar-refractivity contribution in [3.8, 4) is 11.4 Å². The maximum atomic E-state index is 13.4. The van der Waals surface area contributed by atoms with Crippen molar-refractivity contribution in [2.24, 2.45) is 0 Å². The fourth-order valence-electron chi connectivity index (χ4n) is 2.19. The number of hydrogen-bond donors (Lipinski definition) is 0. The predicted molar refractivity (Wildman–Crippen MR) is 68.5 cm³/mol. The van der Waals surface area contributed by atoms with E-state index in [2.05, 4.69) is 9.97 Å². The quantitative estimate of drug-likeness (QED) is 0.717. The third kappa shape index (κ3) is 1.93. The molecular weight excluding hydrogens is 267 g/mol. The molecule has 0 aliphatic heterocycles. The molecule has 0 aliphatic rings. The Morgan fingerprint density at radius 2 is 1.80 bits per heavy atom. The number of fused-ring (bicyclic) bond motifs is 1. The number of hydrogen-bond acceptors (Lipinski definition) is 2. The van der Waals surface area contributed by atoms with E-state index in [1.54, 1.807) is 4.57 Å². The van der Waals surface area contributed by atoms with Gasteiger partial charge in [-0.3, -0.25) is 4.98 Å². The van der Waals surface area contributed by atoms with Crippen molar-refractivity contribution in [3.05, 3.63) is 48.0 Å². The summed E-state index contributed by atoms with van der Waals surface area (Å²) >= 11 is 0. The van der Waals surface area contributed by atoms with E-state index in [1.807, 2.05) is 6.92 Å². The van der Waals surface area contributed by atoms with Gasteiger partial charge in [0.25, 0.3) is 0 Å². The van der Waals surface area contributed by atoms with E-state index in [-0.39, 0.29) is 0 Å². The molecule has 0 bridgehead atoms. The molecule has 6 heteroatoms. The summed E-state index contributed by atoms with van der Waals surface area (Å²) in [6.07, 6.45) is 2.55. The van der Waals surface area contributed by atoms with Gasteiger partial charge in [-0.25, -0.2) is 18.2 Å². The minimum atomic E-state index is -0.956. The SMILES string of the molecule is CCn1c(-c2cncc(F)c2)nc2cc(F)c(F)cc21. The van der Waals surface area contributed by atoms with E-state index in [0.717, 1.165) is 18.3 Å². The smallest absolute Gasteiger partial charge is 0.161 e. The fourth-order valence-corrected chi connectivity index (χ4v) is 2.19. The molecule has 0 spiro atoms. The fraction of sp³-hybridized carbons (Fsp3) is 0.143. The van der Waals surface area contributed by atoms with Gasteiger partial charge >= 0.3 is 0 Å². The molecule has 0 N–H and O–H groups in total. The zero-order valence-corrected chi connectivity index (χ0v) is 10.6. The number of imidazole rings is 1. The van der Waals surface area contributed by atoms with Crippen molar-refractivity contribution in [3.63, 3.8) is 0 Å². The number of rotatable bonds is 2. The van der Waals surface area contributed by atoms with Crippen molar-refractivity contribution < 1.29 is 13.2 Å². The lowest BCUT2D eigenvalue weighted by Gasteiger charge is -2.05. The van der Waals surface area contributed by atoms with Crippen molar-refractivity contribution in [1.82, 2.24) is 14.5 Å². The highest BCUT2D eigenvalue weighted by molar-refractivity contribution is 5.80. The summed E-state index contributed by atoms with van der Waals surface area (Å²) < 4.78 is 41.6. The topological polar surface area (TPSA) is 30.7 Å². The zero-order valence-electron chi connectivity index (χ0n) is 10.6. The van der Waals surface area contributed by atoms with Crippen LogP contribution in [0.15, 0.2) is 30.6 Å². The minimum Gasteiger partial charge on any atom is -0.324 e. The maximum absolute atomic E-state index is 13.4. The van der Waals surface area contributed by atoms with Gasteiger partial charge in [-0.2, -0.15) is 0 Å². The molecule has 0 fully saturated rings. The lowest BCUT2D eigenvalue weighted by atomic mass is 10.2. The molecule has 20 heavy (non-hydrogen) atoms. The Labute approximate surface area is 112 Å². The predicted octanol–water partition coefficient (Wildman–Crippen LogP) is 3.54. The molecule has 102 valence electrons. The number of aromatic nitrogens is 3. The minimum absolute atomic E-state index is 0.324. The van der Waals surface area contributed by atoms with Gasteiger partial charge in [-0.05, 0) is 13.0 Å². The molecule has 2 aromatic heterocycles. The van der Waals surface area contributed by atoms with E-state index in [4.69, 9.17) is 0 Å². The normalized spacial score (nSPS) is 11.2. The van der Waals surface area contributed by atoms with Crippen LogP contribution in [-0.2, 0) is 6.54 Å². The summed E-state index contributed by atoms with van der Waals surface area (Å²) in [5, 5.41) is 0. The highest BCUT2D eigenvalue weighted by atomic mass is 19.2. The lowest BCUT2D eigenvalue weighted by molar-refractivity contribution is 0.510. The van der Waals surface area contributed by atoms with E-state index in [9.17, 15) is 13.2 Å². The summed E-state index contributed by atoms with van der Waals surface area (Å²) in [6.45, 7) is 2.34. The Balaban J connectivity index is 2.31. The lowest BCUT2D eigenvalue weighted by Crippen LogP contribution is -1.98. The Kier molecular flexibility index (Phi) is 2.93. The van der Waals surface area contributed by atoms with Crippen LogP contribution >= 0.6 is 0 Å². The molecule has 0 saturated carbocycles. The van der Waals surface area contributed by atoms with Gasteiger partial charge in [0.2, 0.25) is 0 Å². The summed E-state index contributed by atoms with van der Waals surface area (Å²) in [7, 11) is 0. The third-order valence-corrected chi connectivity index (χ3v) is 3.07. The van der Waals surface area contributed by atoms with Crippen LogP contribution in [-0.4, -0.2) is 14.5 Å². The van der Waals surface area contributed by atoms with Gasteiger partial charge in [0, 0.05) is 30.4 Å². The zero-order chi connectivity index (χ0) is 14.3. The molecule has 0 atom stereocenters. The second-order valence-corrected chi connectivity index (χ2v) is 4.33. The molecule has 0 aliphatic carbocycles. The maximum Gasteiger partial charge on any atom is 0.161 e. The van der Waals surface area contributed by atoms with Gasteiger partial charge < -0.3 is 4.57 Å². The van der Waals surface area contributed by atoms with E-state index >= 15 is 0 Å². The molecule has 2 heterocycles. The average Bonchev–Trinajstić information content (AvgIpc) is 2.77. The largest absolute Gasteiger partial charge is 0.324 e. The van der Waals surface area contributed by atoms with Crippen molar-refractivity contribution in [1.29, 1.82) is 0 Å². The molecule has 1 aromatic carbocycles. The molecule has 0 unspecified atom stereocenters. The number of aryl methyl sites for hydroxylation is 1. The van der Waals surface area contributed by atoms with Crippen LogP contribution in [0.2, 0.25) is 0 Å². The Hall–Kier alpha value is -2.37. The molecule has 0 radical (unpaired) electrons. The van der Waals surface area contributed by atoms with Gasteiger partial charge in [0.05, 0.1) is 17.2 Å². The highest BCUT2D eigenvalue weighted by Gasteiger charge is 2.15. The monoisotopic (exact) mass is 277 g/mol. The van der Waals surface area contributed by atoms with Crippen molar-refractivity contribution >= 4 is 11.0 Å². The van der Waals surface area contributed by atoms with Gasteiger partial charge in [-0.15, -0.1) is 0 Å². The molecular formula is C14H10F3N3. The standard InChI is InChI=1S/C14H10F3N3/c1-2-20-13-5-11(17)10(16)4-12(13)19-14(20)8-3-9(15)7-18-6-8/h3-7H,2H2,1H3. The summed E-state index contributed by atoms with van der Waals surface area (Å²) in [4.78, 5) is 8.01. The van der Waals surface area contributed by atoms with Crippen LogP contribution in [0.5, 0.6) is 0 Å². The number of halogens is 3. The van der Waals surface area contributed by atoms with E-state index < -0.39 is 17.5 Å². The van der Waals surface area contributed by atoms with Crippen LogP contribution in [0.4, 0.5) is 13.2 Å². The Morgan fingerprint density at radius 1 is 1.05 bits per heavy atom. The van der Waals surface area contributed by atoms with E-state index in [1.165, 1.54) is 12.3 Å². The number of nitrogens with zero attached hydrogens (tertiary/aromatic N) is 3. The first-order valence-corrected chi connectivity index (χ1v) is 6.06. The van der Waals surface area contributed by atoms with Gasteiger partial charge in [0.15, 0.2) is 11.6 Å². The third-order valence-electron chi connectivity index (χ3n) is 3.07. The molecule has 0 saturated heterocycles. The Morgan fingerprint density at radius 3 is 2.50 bits per heavy atom.